The van der Waals surface area contributed by atoms with Crippen LogP contribution in [0.5, 0.6) is 5.75 Å². The van der Waals surface area contributed by atoms with Crippen LogP contribution in [0.4, 0.5) is 18.9 Å². The van der Waals surface area contributed by atoms with Crippen LogP contribution in [0.15, 0.2) is 72.3 Å². The van der Waals surface area contributed by atoms with E-state index < -0.39 is 11.7 Å². The molecule has 210 valence electrons. The molecule has 8 heteroatoms. The molecular weight excluding hydrogens is 517 g/mol. The van der Waals surface area contributed by atoms with Crippen molar-refractivity contribution in [3.8, 4) is 16.9 Å². The van der Waals surface area contributed by atoms with Gasteiger partial charge < -0.3 is 20.5 Å². The Morgan fingerprint density at radius 3 is 2.42 bits per heavy atom. The molecule has 3 atom stereocenters. The van der Waals surface area contributed by atoms with Gasteiger partial charge >= 0.3 is 6.18 Å². The minimum Gasteiger partial charge on any atom is -0.493 e. The molecule has 3 unspecified atom stereocenters. The maximum absolute atomic E-state index is 13.2. The molecule has 1 saturated heterocycles. The number of nitrogens with one attached hydrogen (secondary N) is 1. The fourth-order valence-electron chi connectivity index (χ4n) is 5.16. The number of hydrogen-bond acceptors (Lipinski definition) is 4. The average molecular weight is 551 g/mol. The largest absolute Gasteiger partial charge is 0.493 e. The SMILES string of the molecule is CC1C(Cc2ccc(NC(=O)C3=Cc4cc(-c5ccc(C(F)(F)F)cc5)ccc4OCC3)cc2)OCCC1(C)N. The van der Waals surface area contributed by atoms with Gasteiger partial charge in [-0.15, -0.1) is 0 Å². The zero-order valence-corrected chi connectivity index (χ0v) is 22.6. The van der Waals surface area contributed by atoms with Crippen molar-refractivity contribution in [2.24, 2.45) is 11.7 Å². The van der Waals surface area contributed by atoms with Crippen molar-refractivity contribution in [2.45, 2.75) is 50.9 Å². The summed E-state index contributed by atoms with van der Waals surface area (Å²) in [5, 5.41) is 2.97. The van der Waals surface area contributed by atoms with Crippen molar-refractivity contribution in [3.63, 3.8) is 0 Å². The second-order valence-corrected chi connectivity index (χ2v) is 10.9. The molecule has 1 amide bonds. The molecule has 0 spiro atoms. The van der Waals surface area contributed by atoms with Crippen LogP contribution in [-0.2, 0) is 22.1 Å². The summed E-state index contributed by atoms with van der Waals surface area (Å²) in [5.41, 5.74) is 9.91. The summed E-state index contributed by atoms with van der Waals surface area (Å²) in [6, 6.07) is 18.2. The van der Waals surface area contributed by atoms with Crippen molar-refractivity contribution < 1.29 is 27.4 Å². The smallest absolute Gasteiger partial charge is 0.416 e. The van der Waals surface area contributed by atoms with E-state index >= 15 is 0 Å². The fourth-order valence-corrected chi connectivity index (χ4v) is 5.16. The van der Waals surface area contributed by atoms with Gasteiger partial charge in [0.05, 0.1) is 18.3 Å². The van der Waals surface area contributed by atoms with Crippen LogP contribution in [-0.4, -0.2) is 30.8 Å². The van der Waals surface area contributed by atoms with Gasteiger partial charge in [0.2, 0.25) is 0 Å². The van der Waals surface area contributed by atoms with E-state index in [1.165, 1.54) is 12.1 Å². The number of hydrogen-bond donors (Lipinski definition) is 2. The summed E-state index contributed by atoms with van der Waals surface area (Å²) in [5.74, 6) is 0.621. The van der Waals surface area contributed by atoms with Crippen molar-refractivity contribution in [1.29, 1.82) is 0 Å². The highest BCUT2D eigenvalue weighted by atomic mass is 19.4. The van der Waals surface area contributed by atoms with Crippen molar-refractivity contribution >= 4 is 17.7 Å². The molecule has 2 aliphatic rings. The lowest BCUT2D eigenvalue weighted by atomic mass is 9.78. The normalized spacial score (nSPS) is 22.9. The molecule has 0 radical (unpaired) electrons. The quantitative estimate of drug-likeness (QED) is 0.364. The Morgan fingerprint density at radius 2 is 1.73 bits per heavy atom. The first-order valence-electron chi connectivity index (χ1n) is 13.5. The van der Waals surface area contributed by atoms with E-state index in [2.05, 4.69) is 19.2 Å². The second kappa shape index (κ2) is 11.1. The van der Waals surface area contributed by atoms with Gasteiger partial charge in [0.25, 0.3) is 5.91 Å². The average Bonchev–Trinajstić information content (AvgIpc) is 3.14. The van der Waals surface area contributed by atoms with E-state index in [9.17, 15) is 18.0 Å². The number of nitrogens with two attached hydrogens (primary N) is 1. The van der Waals surface area contributed by atoms with Gasteiger partial charge in [0.1, 0.15) is 5.75 Å². The van der Waals surface area contributed by atoms with Gasteiger partial charge in [-0.25, -0.2) is 0 Å². The first-order chi connectivity index (χ1) is 19.0. The number of anilines is 1. The molecule has 5 rings (SSSR count). The second-order valence-electron chi connectivity index (χ2n) is 10.9. The molecule has 40 heavy (non-hydrogen) atoms. The molecule has 3 N–H and O–H groups in total. The highest BCUT2D eigenvalue weighted by Crippen LogP contribution is 2.34. The van der Waals surface area contributed by atoms with Gasteiger partial charge in [-0.2, -0.15) is 13.2 Å². The molecule has 2 aliphatic heterocycles. The van der Waals surface area contributed by atoms with Gasteiger partial charge in [0, 0.05) is 41.3 Å². The predicted octanol–water partition coefficient (Wildman–Crippen LogP) is 6.86. The Bertz CT molecular complexity index is 1400. The number of carbonyl (C=O) groups excluding carboxylic acids is 1. The molecule has 0 aliphatic carbocycles. The Balaban J connectivity index is 1.28. The lowest BCUT2D eigenvalue weighted by Crippen LogP contribution is -2.53. The summed E-state index contributed by atoms with van der Waals surface area (Å²) in [6.07, 6.45) is -0.540. The molecule has 0 saturated carbocycles. The van der Waals surface area contributed by atoms with E-state index in [1.807, 2.05) is 30.3 Å². The number of rotatable bonds is 5. The van der Waals surface area contributed by atoms with Gasteiger partial charge in [-0.1, -0.05) is 37.3 Å². The third-order valence-electron chi connectivity index (χ3n) is 8.02. The Labute approximate surface area is 232 Å². The van der Waals surface area contributed by atoms with Crippen LogP contribution in [0.1, 0.15) is 43.4 Å². The molecule has 3 aromatic rings. The number of ether oxygens (including phenoxy) is 2. The molecular formula is C32H33F3N2O3. The monoisotopic (exact) mass is 550 g/mol. The van der Waals surface area contributed by atoms with Gasteiger partial charge in [-0.05, 0) is 78.9 Å². The molecule has 1 fully saturated rings. The number of amides is 1. The van der Waals surface area contributed by atoms with Crippen LogP contribution in [0.2, 0.25) is 0 Å². The summed E-state index contributed by atoms with van der Waals surface area (Å²) >= 11 is 0. The van der Waals surface area contributed by atoms with Crippen LogP contribution in [0.3, 0.4) is 0 Å². The van der Waals surface area contributed by atoms with E-state index in [0.29, 0.717) is 47.8 Å². The van der Waals surface area contributed by atoms with Crippen LogP contribution in [0, 0.1) is 5.92 Å². The molecule has 2 heterocycles. The van der Waals surface area contributed by atoms with Gasteiger partial charge in [-0.3, -0.25) is 4.79 Å². The summed E-state index contributed by atoms with van der Waals surface area (Å²) in [7, 11) is 0. The first-order valence-corrected chi connectivity index (χ1v) is 13.5. The number of halogens is 3. The summed E-state index contributed by atoms with van der Waals surface area (Å²) in [6.45, 7) is 5.20. The van der Waals surface area contributed by atoms with Crippen molar-refractivity contribution in [2.75, 3.05) is 18.5 Å². The predicted molar refractivity (Wildman–Crippen MR) is 150 cm³/mol. The van der Waals surface area contributed by atoms with E-state index in [4.69, 9.17) is 15.2 Å². The molecule has 0 aromatic heterocycles. The maximum Gasteiger partial charge on any atom is 0.416 e. The van der Waals surface area contributed by atoms with Gasteiger partial charge in [0.15, 0.2) is 0 Å². The Hall–Kier alpha value is -3.62. The third kappa shape index (κ3) is 6.24. The van der Waals surface area contributed by atoms with Crippen LogP contribution in [0.25, 0.3) is 17.2 Å². The standard InChI is InChI=1S/C32H33F3N2O3/c1-20-29(40-16-14-31(20,2)36)17-21-3-10-27(11-4-21)37-30(38)24-13-15-39-28-12-7-23(18-25(28)19-24)22-5-8-26(9-6-22)32(33,34)35/h3-12,18-20,29H,13-17,36H2,1-2H3,(H,37,38). The third-order valence-corrected chi connectivity index (χ3v) is 8.02. The highest BCUT2D eigenvalue weighted by Gasteiger charge is 2.37. The summed E-state index contributed by atoms with van der Waals surface area (Å²) in [4.78, 5) is 13.2. The van der Waals surface area contributed by atoms with Crippen molar-refractivity contribution in [3.05, 3.63) is 89.0 Å². The van der Waals surface area contributed by atoms with Crippen molar-refractivity contribution in [1.82, 2.24) is 0 Å². The summed E-state index contributed by atoms with van der Waals surface area (Å²) < 4.78 is 50.7. The minimum atomic E-state index is -4.39. The van der Waals surface area contributed by atoms with E-state index in [1.54, 1.807) is 18.2 Å². The number of fused-ring (bicyclic) bond motifs is 1. The highest BCUT2D eigenvalue weighted by molar-refractivity contribution is 6.07. The van der Waals surface area contributed by atoms with E-state index in [0.717, 1.165) is 36.1 Å². The molecule has 0 bridgehead atoms. The minimum absolute atomic E-state index is 0.0490. The number of carbonyl (C=O) groups is 1. The Morgan fingerprint density at radius 1 is 1.02 bits per heavy atom. The lowest BCUT2D eigenvalue weighted by Gasteiger charge is -2.42. The Kier molecular flexibility index (Phi) is 7.75. The molecule has 3 aromatic carbocycles. The van der Waals surface area contributed by atoms with Crippen LogP contribution >= 0.6 is 0 Å². The zero-order chi connectivity index (χ0) is 28.5. The first kappa shape index (κ1) is 27.9. The zero-order valence-electron chi connectivity index (χ0n) is 22.6. The maximum atomic E-state index is 13.2. The molecule has 5 nitrogen and oxygen atoms in total. The fraction of sp³-hybridized carbons (Fsp3) is 0.344. The van der Waals surface area contributed by atoms with Crippen LogP contribution < -0.4 is 15.8 Å². The number of alkyl halides is 3. The topological polar surface area (TPSA) is 73.6 Å². The lowest BCUT2D eigenvalue weighted by molar-refractivity contribution is -0.137. The van der Waals surface area contributed by atoms with E-state index in [-0.39, 0.29) is 23.5 Å². The number of benzene rings is 3.